The molecule has 0 amide bonds. The monoisotopic (exact) mass is 345 g/mol. The third kappa shape index (κ3) is 3.04. The highest BCUT2D eigenvalue weighted by molar-refractivity contribution is 9.10. The molecule has 0 unspecified atom stereocenters. The molecule has 3 rings (SSSR count). The zero-order valence-corrected chi connectivity index (χ0v) is 12.5. The van der Waals surface area contributed by atoms with Crippen molar-refractivity contribution in [3.8, 4) is 11.6 Å². The predicted molar refractivity (Wildman–Crippen MR) is 86.0 cm³/mol. The standard InChI is InChI=1S/C14H12BrN5O/c15-10-3-1-9-6-11(4-2-8(9)5-10)21-13-7-12(20-17)18-14(16)19-13/h1-7H,17H2,(H3,16,18,19,20). The average Bonchev–Trinajstić information content (AvgIpc) is 2.47. The maximum absolute atomic E-state index is 5.70. The topological polar surface area (TPSA) is 99.1 Å². The number of nitrogens with zero attached hydrogens (tertiary/aromatic N) is 2. The molecule has 1 heterocycles. The van der Waals surface area contributed by atoms with E-state index < -0.39 is 0 Å². The van der Waals surface area contributed by atoms with Crippen molar-refractivity contribution >= 4 is 38.5 Å². The van der Waals surface area contributed by atoms with Crippen LogP contribution in [0.2, 0.25) is 0 Å². The highest BCUT2D eigenvalue weighted by Gasteiger charge is 2.05. The summed E-state index contributed by atoms with van der Waals surface area (Å²) in [5.41, 5.74) is 8.01. The summed E-state index contributed by atoms with van der Waals surface area (Å²) in [6.45, 7) is 0. The van der Waals surface area contributed by atoms with Crippen molar-refractivity contribution in [1.29, 1.82) is 0 Å². The molecule has 0 radical (unpaired) electrons. The summed E-state index contributed by atoms with van der Waals surface area (Å²) < 4.78 is 6.73. The van der Waals surface area contributed by atoms with Gasteiger partial charge in [0.15, 0.2) is 0 Å². The van der Waals surface area contributed by atoms with Gasteiger partial charge in [-0.25, -0.2) is 5.84 Å². The smallest absolute Gasteiger partial charge is 0.226 e. The minimum Gasteiger partial charge on any atom is -0.439 e. The van der Waals surface area contributed by atoms with E-state index in [2.05, 4.69) is 31.3 Å². The van der Waals surface area contributed by atoms with Gasteiger partial charge in [-0.1, -0.05) is 28.1 Å². The Bertz CT molecular complexity index is 808. The van der Waals surface area contributed by atoms with Gasteiger partial charge in [0.1, 0.15) is 11.6 Å². The van der Waals surface area contributed by atoms with E-state index in [1.165, 1.54) is 0 Å². The molecule has 0 aliphatic heterocycles. The molecule has 0 aliphatic carbocycles. The molecule has 0 spiro atoms. The van der Waals surface area contributed by atoms with E-state index in [1.807, 2.05) is 36.4 Å². The number of hydrazine groups is 1. The van der Waals surface area contributed by atoms with Crippen molar-refractivity contribution in [1.82, 2.24) is 9.97 Å². The Balaban J connectivity index is 1.94. The number of aromatic nitrogens is 2. The molecule has 0 atom stereocenters. The second kappa shape index (κ2) is 5.55. The van der Waals surface area contributed by atoms with Crippen LogP contribution in [-0.4, -0.2) is 9.97 Å². The molecule has 5 N–H and O–H groups in total. The first-order chi connectivity index (χ1) is 10.1. The van der Waals surface area contributed by atoms with Gasteiger partial charge in [0.25, 0.3) is 0 Å². The van der Waals surface area contributed by atoms with Crippen molar-refractivity contribution in [2.45, 2.75) is 0 Å². The summed E-state index contributed by atoms with van der Waals surface area (Å²) in [6, 6.07) is 13.4. The van der Waals surface area contributed by atoms with Crippen LogP contribution in [0.1, 0.15) is 0 Å². The molecule has 106 valence electrons. The van der Waals surface area contributed by atoms with Crippen molar-refractivity contribution in [3.05, 3.63) is 46.9 Å². The van der Waals surface area contributed by atoms with Crippen LogP contribution in [0.5, 0.6) is 11.6 Å². The van der Waals surface area contributed by atoms with Crippen molar-refractivity contribution in [2.75, 3.05) is 11.2 Å². The Hall–Kier alpha value is -2.38. The zero-order chi connectivity index (χ0) is 14.8. The number of nitrogens with one attached hydrogen (secondary N) is 1. The summed E-state index contributed by atoms with van der Waals surface area (Å²) in [7, 11) is 0. The van der Waals surface area contributed by atoms with Gasteiger partial charge < -0.3 is 15.9 Å². The lowest BCUT2D eigenvalue weighted by Gasteiger charge is -2.08. The fraction of sp³-hybridized carbons (Fsp3) is 0. The summed E-state index contributed by atoms with van der Waals surface area (Å²) in [4.78, 5) is 7.91. The Morgan fingerprint density at radius 2 is 1.76 bits per heavy atom. The molecule has 0 saturated heterocycles. The molecule has 7 heteroatoms. The Labute approximate surface area is 129 Å². The van der Waals surface area contributed by atoms with Gasteiger partial charge in [-0.05, 0) is 35.0 Å². The molecule has 6 nitrogen and oxygen atoms in total. The van der Waals surface area contributed by atoms with Gasteiger partial charge in [-0.3, -0.25) is 0 Å². The summed E-state index contributed by atoms with van der Waals surface area (Å²) in [6.07, 6.45) is 0. The molecule has 0 aliphatic rings. The van der Waals surface area contributed by atoms with Gasteiger partial charge in [-0.2, -0.15) is 9.97 Å². The maximum Gasteiger partial charge on any atom is 0.226 e. The molecule has 3 aromatic rings. The Kier molecular flexibility index (Phi) is 3.59. The number of benzene rings is 2. The van der Waals surface area contributed by atoms with E-state index in [1.54, 1.807) is 6.07 Å². The number of ether oxygens (including phenoxy) is 1. The van der Waals surface area contributed by atoms with E-state index in [0.29, 0.717) is 17.4 Å². The molecule has 0 saturated carbocycles. The van der Waals surface area contributed by atoms with Gasteiger partial charge in [0.05, 0.1) is 0 Å². The third-order valence-corrected chi connectivity index (χ3v) is 3.36. The van der Waals surface area contributed by atoms with E-state index in [4.69, 9.17) is 16.3 Å². The van der Waals surface area contributed by atoms with Crippen LogP contribution in [0, 0.1) is 0 Å². The number of anilines is 2. The number of hydrogen-bond donors (Lipinski definition) is 3. The number of hydrogen-bond acceptors (Lipinski definition) is 6. The number of rotatable bonds is 3. The Morgan fingerprint density at radius 3 is 2.57 bits per heavy atom. The van der Waals surface area contributed by atoms with Crippen LogP contribution < -0.4 is 21.7 Å². The summed E-state index contributed by atoms with van der Waals surface area (Å²) >= 11 is 3.45. The van der Waals surface area contributed by atoms with E-state index >= 15 is 0 Å². The van der Waals surface area contributed by atoms with Crippen molar-refractivity contribution in [2.24, 2.45) is 5.84 Å². The zero-order valence-electron chi connectivity index (χ0n) is 10.9. The lowest BCUT2D eigenvalue weighted by molar-refractivity contribution is 0.463. The van der Waals surface area contributed by atoms with Gasteiger partial charge in [0.2, 0.25) is 11.8 Å². The van der Waals surface area contributed by atoms with Crippen LogP contribution >= 0.6 is 15.9 Å². The van der Waals surface area contributed by atoms with Crippen LogP contribution in [-0.2, 0) is 0 Å². The van der Waals surface area contributed by atoms with E-state index in [0.717, 1.165) is 15.2 Å². The normalized spacial score (nSPS) is 10.6. The molecular weight excluding hydrogens is 334 g/mol. The minimum absolute atomic E-state index is 0.0881. The van der Waals surface area contributed by atoms with Crippen LogP contribution in [0.15, 0.2) is 46.9 Å². The first kappa shape index (κ1) is 13.6. The van der Waals surface area contributed by atoms with Crippen molar-refractivity contribution < 1.29 is 4.74 Å². The Morgan fingerprint density at radius 1 is 1.00 bits per heavy atom. The minimum atomic E-state index is 0.0881. The highest BCUT2D eigenvalue weighted by Crippen LogP contribution is 2.27. The van der Waals surface area contributed by atoms with Gasteiger partial charge in [0, 0.05) is 10.5 Å². The summed E-state index contributed by atoms with van der Waals surface area (Å²) in [5.74, 6) is 6.78. The molecule has 21 heavy (non-hydrogen) atoms. The highest BCUT2D eigenvalue weighted by atomic mass is 79.9. The number of nitrogen functional groups attached to an aromatic ring is 2. The second-order valence-corrected chi connectivity index (χ2v) is 5.26. The lowest BCUT2D eigenvalue weighted by atomic mass is 10.1. The van der Waals surface area contributed by atoms with Gasteiger partial charge in [-0.15, -0.1) is 0 Å². The quantitative estimate of drug-likeness (QED) is 0.498. The van der Waals surface area contributed by atoms with Crippen LogP contribution in [0.25, 0.3) is 10.8 Å². The average molecular weight is 346 g/mol. The third-order valence-electron chi connectivity index (χ3n) is 2.86. The van der Waals surface area contributed by atoms with Gasteiger partial charge >= 0.3 is 0 Å². The fourth-order valence-electron chi connectivity index (χ4n) is 1.95. The first-order valence-electron chi connectivity index (χ1n) is 6.12. The predicted octanol–water partition coefficient (Wildman–Crippen LogP) is 3.05. The molecule has 0 bridgehead atoms. The molecule has 2 aromatic carbocycles. The largest absolute Gasteiger partial charge is 0.439 e. The van der Waals surface area contributed by atoms with E-state index in [-0.39, 0.29) is 5.95 Å². The second-order valence-electron chi connectivity index (χ2n) is 4.35. The SMILES string of the molecule is NNc1cc(Oc2ccc3cc(Br)ccc3c2)nc(N)n1. The molecule has 1 aromatic heterocycles. The van der Waals surface area contributed by atoms with Crippen molar-refractivity contribution in [3.63, 3.8) is 0 Å². The molecular formula is C14H12BrN5O. The maximum atomic E-state index is 5.70. The van der Waals surface area contributed by atoms with Crippen LogP contribution in [0.3, 0.4) is 0 Å². The molecule has 0 fully saturated rings. The fourth-order valence-corrected chi connectivity index (χ4v) is 2.33. The first-order valence-corrected chi connectivity index (χ1v) is 6.92. The van der Waals surface area contributed by atoms with E-state index in [9.17, 15) is 0 Å². The lowest BCUT2D eigenvalue weighted by Crippen LogP contribution is -2.10. The summed E-state index contributed by atoms with van der Waals surface area (Å²) in [5, 5.41) is 2.18. The number of fused-ring (bicyclic) bond motifs is 1. The number of nitrogens with two attached hydrogens (primary N) is 2. The van der Waals surface area contributed by atoms with Crippen LogP contribution in [0.4, 0.5) is 11.8 Å². The number of halogens is 1.